The zero-order valence-electron chi connectivity index (χ0n) is 11.6. The number of anilines is 1. The second-order valence-electron chi connectivity index (χ2n) is 6.08. The summed E-state index contributed by atoms with van der Waals surface area (Å²) in [5, 5.41) is 0.635. The molecule has 0 atom stereocenters. The molecule has 1 aromatic carbocycles. The van der Waals surface area contributed by atoms with Crippen molar-refractivity contribution in [3.63, 3.8) is 0 Å². The number of halogens is 1. The van der Waals surface area contributed by atoms with Gasteiger partial charge >= 0.3 is 0 Å². The van der Waals surface area contributed by atoms with E-state index >= 15 is 0 Å². The second kappa shape index (κ2) is 5.41. The summed E-state index contributed by atoms with van der Waals surface area (Å²) < 4.78 is 0. The second-order valence-corrected chi connectivity index (χ2v) is 6.49. The maximum Gasteiger partial charge on any atom is 0.222 e. The summed E-state index contributed by atoms with van der Waals surface area (Å²) in [4.78, 5) is 14.1. The van der Waals surface area contributed by atoms with Crippen LogP contribution >= 0.6 is 11.6 Å². The monoisotopic (exact) mass is 280 g/mol. The molecule has 1 heterocycles. The molecule has 0 aromatic heterocycles. The lowest BCUT2D eigenvalue weighted by Gasteiger charge is -2.24. The van der Waals surface area contributed by atoms with Gasteiger partial charge in [-0.25, -0.2) is 0 Å². The Morgan fingerprint density at radius 2 is 2.11 bits per heavy atom. The minimum absolute atomic E-state index is 0.221. The molecule has 0 saturated carbocycles. The molecule has 0 unspecified atom stereocenters. The molecule has 0 radical (unpaired) electrons. The number of likely N-dealkylation sites (tertiary alicyclic amines) is 1. The number of hydrogen-bond acceptors (Lipinski definition) is 2. The van der Waals surface area contributed by atoms with Crippen LogP contribution in [-0.2, 0) is 11.3 Å². The zero-order valence-corrected chi connectivity index (χ0v) is 12.3. The van der Waals surface area contributed by atoms with Crippen LogP contribution in [0.2, 0.25) is 5.02 Å². The first-order valence-corrected chi connectivity index (χ1v) is 7.07. The standard InChI is InChI=1S/C15H21ClN2O/c1-15(2)6-5-14(19)18(8-7-15)10-11-3-4-12(17)9-13(11)16/h3-4,9H,5-8,10,17H2,1-2H3. The largest absolute Gasteiger partial charge is 0.399 e. The van der Waals surface area contributed by atoms with Gasteiger partial charge in [0.2, 0.25) is 5.91 Å². The fourth-order valence-electron chi connectivity index (χ4n) is 2.36. The molecular formula is C15H21ClN2O. The van der Waals surface area contributed by atoms with Crippen LogP contribution in [0.15, 0.2) is 18.2 Å². The van der Waals surface area contributed by atoms with E-state index in [0.717, 1.165) is 24.9 Å². The highest BCUT2D eigenvalue weighted by Crippen LogP contribution is 2.31. The number of carbonyl (C=O) groups excluding carboxylic acids is 1. The average molecular weight is 281 g/mol. The molecule has 2 rings (SSSR count). The summed E-state index contributed by atoms with van der Waals surface area (Å²) in [7, 11) is 0. The van der Waals surface area contributed by atoms with E-state index in [0.29, 0.717) is 23.7 Å². The van der Waals surface area contributed by atoms with Crippen LogP contribution in [0, 0.1) is 5.41 Å². The van der Waals surface area contributed by atoms with Gasteiger partial charge in [0.25, 0.3) is 0 Å². The normalized spacial score (nSPS) is 19.3. The minimum atomic E-state index is 0.221. The van der Waals surface area contributed by atoms with Gasteiger partial charge in [-0.1, -0.05) is 31.5 Å². The van der Waals surface area contributed by atoms with Crippen LogP contribution in [-0.4, -0.2) is 17.4 Å². The number of amides is 1. The first kappa shape index (κ1) is 14.2. The fraction of sp³-hybridized carbons (Fsp3) is 0.533. The molecule has 0 spiro atoms. The molecule has 4 heteroatoms. The Kier molecular flexibility index (Phi) is 4.04. The molecule has 0 bridgehead atoms. The highest BCUT2D eigenvalue weighted by atomic mass is 35.5. The van der Waals surface area contributed by atoms with Crippen LogP contribution in [0.25, 0.3) is 0 Å². The van der Waals surface area contributed by atoms with Gasteiger partial charge < -0.3 is 10.6 Å². The molecule has 1 saturated heterocycles. The first-order valence-electron chi connectivity index (χ1n) is 6.69. The summed E-state index contributed by atoms with van der Waals surface area (Å²) in [5.74, 6) is 0.221. The highest BCUT2D eigenvalue weighted by Gasteiger charge is 2.27. The number of hydrogen-bond donors (Lipinski definition) is 1. The smallest absolute Gasteiger partial charge is 0.222 e. The van der Waals surface area contributed by atoms with E-state index in [9.17, 15) is 4.79 Å². The topological polar surface area (TPSA) is 46.3 Å². The lowest BCUT2D eigenvalue weighted by atomic mass is 9.85. The minimum Gasteiger partial charge on any atom is -0.399 e. The Balaban J connectivity index is 2.11. The molecule has 1 aliphatic rings. The maximum atomic E-state index is 12.1. The van der Waals surface area contributed by atoms with Crippen molar-refractivity contribution in [2.45, 2.75) is 39.7 Å². The number of nitrogen functional groups attached to an aromatic ring is 1. The van der Waals surface area contributed by atoms with Crippen molar-refractivity contribution >= 4 is 23.2 Å². The third-order valence-corrected chi connectivity index (χ3v) is 4.22. The summed E-state index contributed by atoms with van der Waals surface area (Å²) >= 11 is 6.18. The number of carbonyl (C=O) groups is 1. The highest BCUT2D eigenvalue weighted by molar-refractivity contribution is 6.31. The third kappa shape index (κ3) is 3.63. The summed E-state index contributed by atoms with van der Waals surface area (Å²) in [6.45, 7) is 5.82. The fourth-order valence-corrected chi connectivity index (χ4v) is 2.60. The Morgan fingerprint density at radius 1 is 1.37 bits per heavy atom. The van der Waals surface area contributed by atoms with Gasteiger partial charge in [0.1, 0.15) is 0 Å². The van der Waals surface area contributed by atoms with Gasteiger partial charge in [-0.15, -0.1) is 0 Å². The van der Waals surface area contributed by atoms with E-state index in [1.54, 1.807) is 6.07 Å². The number of nitrogens with two attached hydrogens (primary N) is 1. The zero-order chi connectivity index (χ0) is 14.0. The lowest BCUT2D eigenvalue weighted by molar-refractivity contribution is -0.131. The predicted molar refractivity (Wildman–Crippen MR) is 78.9 cm³/mol. The van der Waals surface area contributed by atoms with Crippen molar-refractivity contribution in [3.8, 4) is 0 Å². The Morgan fingerprint density at radius 3 is 2.79 bits per heavy atom. The Labute approximate surface area is 119 Å². The van der Waals surface area contributed by atoms with E-state index in [2.05, 4.69) is 13.8 Å². The van der Waals surface area contributed by atoms with Gasteiger partial charge in [-0.2, -0.15) is 0 Å². The van der Waals surface area contributed by atoms with Crippen LogP contribution < -0.4 is 5.73 Å². The lowest BCUT2D eigenvalue weighted by Crippen LogP contribution is -2.30. The van der Waals surface area contributed by atoms with Gasteiger partial charge in [0.05, 0.1) is 0 Å². The van der Waals surface area contributed by atoms with Crippen LogP contribution in [0.5, 0.6) is 0 Å². The van der Waals surface area contributed by atoms with Crippen molar-refractivity contribution in [1.82, 2.24) is 4.90 Å². The molecule has 3 nitrogen and oxygen atoms in total. The Bertz CT molecular complexity index is 485. The Hall–Kier alpha value is -1.22. The van der Waals surface area contributed by atoms with E-state index in [-0.39, 0.29) is 11.3 Å². The number of rotatable bonds is 2. The maximum absolute atomic E-state index is 12.1. The van der Waals surface area contributed by atoms with E-state index in [1.165, 1.54) is 0 Å². The van der Waals surface area contributed by atoms with Crippen molar-refractivity contribution < 1.29 is 4.79 Å². The molecule has 19 heavy (non-hydrogen) atoms. The van der Waals surface area contributed by atoms with E-state index < -0.39 is 0 Å². The van der Waals surface area contributed by atoms with Crippen molar-refractivity contribution in [2.75, 3.05) is 12.3 Å². The summed E-state index contributed by atoms with van der Waals surface area (Å²) in [5.41, 5.74) is 7.54. The first-order chi connectivity index (χ1) is 8.87. The van der Waals surface area contributed by atoms with Crippen molar-refractivity contribution in [1.29, 1.82) is 0 Å². The third-order valence-electron chi connectivity index (χ3n) is 3.87. The number of nitrogens with zero attached hydrogens (tertiary/aromatic N) is 1. The average Bonchev–Trinajstić information content (AvgIpc) is 2.45. The molecule has 1 aromatic rings. The van der Waals surface area contributed by atoms with Gasteiger partial charge in [-0.3, -0.25) is 4.79 Å². The summed E-state index contributed by atoms with van der Waals surface area (Å²) in [6, 6.07) is 5.47. The van der Waals surface area contributed by atoms with Gasteiger partial charge in [0.15, 0.2) is 0 Å². The molecular weight excluding hydrogens is 260 g/mol. The van der Waals surface area contributed by atoms with Gasteiger partial charge in [0, 0.05) is 30.2 Å². The molecule has 0 aliphatic carbocycles. The molecule has 2 N–H and O–H groups in total. The summed E-state index contributed by atoms with van der Waals surface area (Å²) in [6.07, 6.45) is 2.61. The van der Waals surface area contributed by atoms with Crippen LogP contribution in [0.3, 0.4) is 0 Å². The van der Waals surface area contributed by atoms with E-state index in [4.69, 9.17) is 17.3 Å². The number of benzene rings is 1. The molecule has 1 amide bonds. The molecule has 104 valence electrons. The van der Waals surface area contributed by atoms with Crippen molar-refractivity contribution in [3.05, 3.63) is 28.8 Å². The van der Waals surface area contributed by atoms with E-state index in [1.807, 2.05) is 17.0 Å². The molecule has 1 aliphatic heterocycles. The van der Waals surface area contributed by atoms with Crippen LogP contribution in [0.1, 0.15) is 38.7 Å². The predicted octanol–water partition coefficient (Wildman–Crippen LogP) is 3.46. The quantitative estimate of drug-likeness (QED) is 0.843. The van der Waals surface area contributed by atoms with Crippen molar-refractivity contribution in [2.24, 2.45) is 5.41 Å². The van der Waals surface area contributed by atoms with Gasteiger partial charge in [-0.05, 0) is 36.0 Å². The van der Waals surface area contributed by atoms with Crippen LogP contribution in [0.4, 0.5) is 5.69 Å². The SMILES string of the molecule is CC1(C)CCC(=O)N(Cc2ccc(N)cc2Cl)CC1. The molecule has 1 fully saturated rings.